The van der Waals surface area contributed by atoms with E-state index >= 15 is 0 Å². The van der Waals surface area contributed by atoms with E-state index in [9.17, 15) is 4.79 Å². The van der Waals surface area contributed by atoms with Gasteiger partial charge in [-0.15, -0.1) is 16.4 Å². The van der Waals surface area contributed by atoms with Gasteiger partial charge in [-0.1, -0.05) is 40.7 Å². The van der Waals surface area contributed by atoms with Crippen molar-refractivity contribution in [3.05, 3.63) is 58.4 Å². The molecule has 4 heterocycles. The molecule has 0 bridgehead atoms. The smallest absolute Gasteiger partial charge is 0.280 e. The van der Waals surface area contributed by atoms with Crippen LogP contribution < -0.4 is 0 Å². The Bertz CT molecular complexity index is 1150. The minimum atomic E-state index is 0.0790. The molecule has 1 atom stereocenters. The second-order valence-electron chi connectivity index (χ2n) is 6.98. The molecule has 0 N–H and O–H groups in total. The van der Waals surface area contributed by atoms with Gasteiger partial charge < -0.3 is 9.42 Å². The Kier molecular flexibility index (Phi) is 4.44. The van der Waals surface area contributed by atoms with Gasteiger partial charge >= 0.3 is 0 Å². The van der Waals surface area contributed by atoms with Crippen LogP contribution in [0.25, 0.3) is 23.0 Å². The molecule has 0 saturated carbocycles. The number of amides is 1. The average molecular weight is 406 g/mol. The third-order valence-electron chi connectivity index (χ3n) is 4.96. The van der Waals surface area contributed by atoms with Gasteiger partial charge in [0.15, 0.2) is 5.69 Å². The van der Waals surface area contributed by atoms with Gasteiger partial charge in [0.25, 0.3) is 11.8 Å². The van der Waals surface area contributed by atoms with E-state index in [1.165, 1.54) is 11.3 Å². The predicted octanol–water partition coefficient (Wildman–Crippen LogP) is 3.45. The number of hydrogen-bond acceptors (Lipinski definition) is 7. The normalized spacial score (nSPS) is 16.4. The fourth-order valence-electron chi connectivity index (χ4n) is 3.43. The lowest BCUT2D eigenvalue weighted by Gasteiger charge is -2.15. The lowest BCUT2D eigenvalue weighted by Crippen LogP contribution is -2.28. The molecule has 0 aliphatic carbocycles. The largest absolute Gasteiger partial charge is 0.336 e. The molecule has 0 spiro atoms. The molecule has 1 saturated heterocycles. The Morgan fingerprint density at radius 1 is 1.21 bits per heavy atom. The van der Waals surface area contributed by atoms with Gasteiger partial charge in [-0.3, -0.25) is 4.79 Å². The van der Waals surface area contributed by atoms with Crippen LogP contribution in [0.1, 0.15) is 27.0 Å². The number of aryl methyl sites for hydroxylation is 1. The van der Waals surface area contributed by atoms with Crippen molar-refractivity contribution in [1.29, 1.82) is 0 Å². The molecule has 4 aromatic rings. The molecule has 1 aliphatic rings. The van der Waals surface area contributed by atoms with Gasteiger partial charge in [-0.2, -0.15) is 4.98 Å². The molecule has 0 radical (unpaired) electrons. The molecule has 1 unspecified atom stereocenters. The molecular weight excluding hydrogens is 388 g/mol. The van der Waals surface area contributed by atoms with Crippen LogP contribution in [0.3, 0.4) is 0 Å². The summed E-state index contributed by atoms with van der Waals surface area (Å²) in [5, 5.41) is 12.4. The maximum absolute atomic E-state index is 12.7. The van der Waals surface area contributed by atoms with Crippen LogP contribution >= 0.6 is 11.3 Å². The van der Waals surface area contributed by atoms with Crippen molar-refractivity contribution >= 4 is 17.2 Å². The standard InChI is InChI=1S/C20H18N6O2S/c1-13-7-8-17(29-13)20(27)25-10-9-15(11-25)26-12-16(22-24-26)19-21-18(23-28-19)14-5-3-2-4-6-14/h2-8,12,15H,9-11H2,1H3. The average Bonchev–Trinajstić information content (AvgIpc) is 3.54. The van der Waals surface area contributed by atoms with Crippen molar-refractivity contribution in [2.24, 2.45) is 0 Å². The summed E-state index contributed by atoms with van der Waals surface area (Å²) in [6.45, 7) is 3.32. The molecule has 1 aliphatic heterocycles. The first kappa shape index (κ1) is 17.7. The number of nitrogens with zero attached hydrogens (tertiary/aromatic N) is 6. The van der Waals surface area contributed by atoms with Crippen LogP contribution in [-0.4, -0.2) is 49.0 Å². The molecule has 3 aromatic heterocycles. The van der Waals surface area contributed by atoms with E-state index < -0.39 is 0 Å². The van der Waals surface area contributed by atoms with Crippen LogP contribution in [0.15, 0.2) is 53.2 Å². The van der Waals surface area contributed by atoms with E-state index in [0.717, 1.165) is 21.7 Å². The third-order valence-corrected chi connectivity index (χ3v) is 5.95. The van der Waals surface area contributed by atoms with Crippen LogP contribution in [0.2, 0.25) is 0 Å². The van der Waals surface area contributed by atoms with Gasteiger partial charge in [-0.05, 0) is 25.5 Å². The second-order valence-corrected chi connectivity index (χ2v) is 8.26. The summed E-state index contributed by atoms with van der Waals surface area (Å²) in [6, 6.07) is 13.6. The third kappa shape index (κ3) is 3.44. The van der Waals surface area contributed by atoms with Gasteiger partial charge in [0.2, 0.25) is 5.82 Å². The number of carbonyl (C=O) groups is 1. The minimum Gasteiger partial charge on any atom is -0.336 e. The Morgan fingerprint density at radius 2 is 2.07 bits per heavy atom. The summed E-state index contributed by atoms with van der Waals surface area (Å²) in [7, 11) is 0. The highest BCUT2D eigenvalue weighted by atomic mass is 32.1. The van der Waals surface area contributed by atoms with E-state index in [-0.39, 0.29) is 11.9 Å². The molecule has 5 rings (SSSR count). The highest BCUT2D eigenvalue weighted by Gasteiger charge is 2.30. The van der Waals surface area contributed by atoms with Crippen molar-refractivity contribution in [3.8, 4) is 23.0 Å². The summed E-state index contributed by atoms with van der Waals surface area (Å²) in [4.78, 5) is 20.9. The highest BCUT2D eigenvalue weighted by Crippen LogP contribution is 2.26. The van der Waals surface area contributed by atoms with Crippen molar-refractivity contribution in [1.82, 2.24) is 30.0 Å². The van der Waals surface area contributed by atoms with Crippen molar-refractivity contribution in [2.45, 2.75) is 19.4 Å². The van der Waals surface area contributed by atoms with E-state index in [2.05, 4.69) is 20.5 Å². The number of likely N-dealkylation sites (tertiary alicyclic amines) is 1. The number of hydrogen-bond donors (Lipinski definition) is 0. The van der Waals surface area contributed by atoms with Crippen LogP contribution in [0.5, 0.6) is 0 Å². The molecule has 8 nitrogen and oxygen atoms in total. The Balaban J connectivity index is 1.30. The first-order chi connectivity index (χ1) is 14.2. The molecule has 1 fully saturated rings. The summed E-state index contributed by atoms with van der Waals surface area (Å²) in [5.41, 5.74) is 1.40. The summed E-state index contributed by atoms with van der Waals surface area (Å²) >= 11 is 1.53. The summed E-state index contributed by atoms with van der Waals surface area (Å²) < 4.78 is 7.15. The first-order valence-electron chi connectivity index (χ1n) is 9.34. The molecule has 146 valence electrons. The number of thiophene rings is 1. The zero-order valence-electron chi connectivity index (χ0n) is 15.7. The Labute approximate surface area is 170 Å². The van der Waals surface area contributed by atoms with Gasteiger partial charge in [-0.25, -0.2) is 4.68 Å². The Hall–Kier alpha value is -3.33. The SMILES string of the molecule is Cc1ccc(C(=O)N2CCC(n3cc(-c4nc(-c5ccccc5)no4)nn3)C2)s1. The van der Waals surface area contributed by atoms with Crippen LogP contribution in [0.4, 0.5) is 0 Å². The van der Waals surface area contributed by atoms with Gasteiger partial charge in [0.1, 0.15) is 0 Å². The topological polar surface area (TPSA) is 89.9 Å². The van der Waals surface area contributed by atoms with E-state index in [0.29, 0.717) is 30.5 Å². The zero-order chi connectivity index (χ0) is 19.8. The number of rotatable bonds is 4. The maximum Gasteiger partial charge on any atom is 0.280 e. The molecule has 1 aromatic carbocycles. The maximum atomic E-state index is 12.7. The van der Waals surface area contributed by atoms with E-state index in [1.807, 2.05) is 54.3 Å². The number of aromatic nitrogens is 5. The van der Waals surface area contributed by atoms with Gasteiger partial charge in [0.05, 0.1) is 17.1 Å². The molecular formula is C20H18N6O2S. The fraction of sp³-hybridized carbons (Fsp3) is 0.250. The zero-order valence-corrected chi connectivity index (χ0v) is 16.5. The summed E-state index contributed by atoms with van der Waals surface area (Å²) in [6.07, 6.45) is 2.63. The van der Waals surface area contributed by atoms with Crippen molar-refractivity contribution in [3.63, 3.8) is 0 Å². The Morgan fingerprint density at radius 3 is 2.86 bits per heavy atom. The predicted molar refractivity (Wildman–Crippen MR) is 107 cm³/mol. The molecule has 1 amide bonds. The minimum absolute atomic E-state index is 0.0790. The quantitative estimate of drug-likeness (QED) is 0.516. The lowest BCUT2D eigenvalue weighted by atomic mass is 10.2. The van der Waals surface area contributed by atoms with Crippen molar-refractivity contribution in [2.75, 3.05) is 13.1 Å². The summed E-state index contributed by atoms with van der Waals surface area (Å²) in [5.74, 6) is 0.921. The number of carbonyl (C=O) groups excluding carboxylic acids is 1. The van der Waals surface area contributed by atoms with Crippen LogP contribution in [-0.2, 0) is 0 Å². The van der Waals surface area contributed by atoms with E-state index in [4.69, 9.17) is 4.52 Å². The molecule has 9 heteroatoms. The molecule has 29 heavy (non-hydrogen) atoms. The van der Waals surface area contributed by atoms with Gasteiger partial charge in [0, 0.05) is 23.5 Å². The number of benzene rings is 1. The van der Waals surface area contributed by atoms with E-state index in [1.54, 1.807) is 10.9 Å². The highest BCUT2D eigenvalue weighted by molar-refractivity contribution is 7.13. The lowest BCUT2D eigenvalue weighted by molar-refractivity contribution is 0.0791. The fourth-order valence-corrected chi connectivity index (χ4v) is 4.27. The van der Waals surface area contributed by atoms with Crippen molar-refractivity contribution < 1.29 is 9.32 Å². The monoisotopic (exact) mass is 406 g/mol. The second kappa shape index (κ2) is 7.25. The first-order valence-corrected chi connectivity index (χ1v) is 10.2. The van der Waals surface area contributed by atoms with Crippen LogP contribution in [0, 0.1) is 6.92 Å².